The first-order valence-corrected chi connectivity index (χ1v) is 6.48. The zero-order valence-electron chi connectivity index (χ0n) is 9.96. The Morgan fingerprint density at radius 2 is 1.73 bits per heavy atom. The predicted octanol–water partition coefficient (Wildman–Crippen LogP) is -0.0597. The van der Waals surface area contributed by atoms with Gasteiger partial charge >= 0.3 is 0 Å². The number of nitrogens with one attached hydrogen (secondary N) is 2. The molecule has 0 amide bonds. The van der Waals surface area contributed by atoms with E-state index < -0.39 is 14.8 Å². The second-order valence-electron chi connectivity index (χ2n) is 4.25. The van der Waals surface area contributed by atoms with Crippen molar-refractivity contribution in [2.45, 2.75) is 25.5 Å². The molecule has 5 nitrogen and oxygen atoms in total. The van der Waals surface area contributed by atoms with Gasteiger partial charge in [0.1, 0.15) is 0 Å². The molecule has 0 atom stereocenters. The minimum absolute atomic E-state index is 0.406. The molecule has 0 unspecified atom stereocenters. The summed E-state index contributed by atoms with van der Waals surface area (Å²) in [5, 5.41) is 3.06. The van der Waals surface area contributed by atoms with Crippen LogP contribution in [0.1, 0.15) is 20.8 Å². The van der Waals surface area contributed by atoms with Gasteiger partial charge in [-0.05, 0) is 20.8 Å². The highest BCUT2D eigenvalue weighted by Gasteiger charge is 2.27. The summed E-state index contributed by atoms with van der Waals surface area (Å²) in [6.07, 6.45) is 0. The predicted molar refractivity (Wildman–Crippen MR) is 61.4 cm³/mol. The zero-order chi connectivity index (χ0) is 11.9. The normalized spacial score (nSPS) is 13.1. The molecule has 0 fully saturated rings. The van der Waals surface area contributed by atoms with Crippen molar-refractivity contribution in [3.63, 3.8) is 0 Å². The van der Waals surface area contributed by atoms with Crippen LogP contribution in [-0.4, -0.2) is 46.5 Å². The summed E-state index contributed by atoms with van der Waals surface area (Å²) in [6.45, 7) is 7.40. The first-order valence-electron chi connectivity index (χ1n) is 5.00. The summed E-state index contributed by atoms with van der Waals surface area (Å²) in [5.41, 5.74) is 0. The molecule has 0 spiro atoms. The van der Waals surface area contributed by atoms with E-state index in [0.717, 1.165) is 6.54 Å². The molecular weight excluding hydrogens is 216 g/mol. The minimum Gasteiger partial charge on any atom is -0.383 e. The fourth-order valence-electron chi connectivity index (χ4n) is 0.790. The van der Waals surface area contributed by atoms with Gasteiger partial charge in [0.15, 0.2) is 0 Å². The Hall–Kier alpha value is -0.170. The van der Waals surface area contributed by atoms with Gasteiger partial charge in [-0.25, -0.2) is 13.1 Å². The van der Waals surface area contributed by atoms with E-state index in [9.17, 15) is 8.42 Å². The van der Waals surface area contributed by atoms with Gasteiger partial charge < -0.3 is 10.1 Å². The second-order valence-corrected chi connectivity index (χ2v) is 6.77. The zero-order valence-corrected chi connectivity index (χ0v) is 10.8. The van der Waals surface area contributed by atoms with Crippen LogP contribution in [0.5, 0.6) is 0 Å². The SMILES string of the molecule is COCCNCCNS(=O)(=O)C(C)(C)C. The average Bonchev–Trinajstić information content (AvgIpc) is 2.09. The number of ether oxygens (including phenoxy) is 1. The Kier molecular flexibility index (Phi) is 6.35. The van der Waals surface area contributed by atoms with Gasteiger partial charge in [0, 0.05) is 26.7 Å². The van der Waals surface area contributed by atoms with Crippen LogP contribution in [0, 0.1) is 0 Å². The van der Waals surface area contributed by atoms with Crippen LogP contribution < -0.4 is 10.0 Å². The highest BCUT2D eigenvalue weighted by molar-refractivity contribution is 7.90. The van der Waals surface area contributed by atoms with E-state index in [1.165, 1.54) is 0 Å². The fourth-order valence-corrected chi connectivity index (χ4v) is 1.59. The Morgan fingerprint density at radius 3 is 2.20 bits per heavy atom. The number of sulfonamides is 1. The lowest BCUT2D eigenvalue weighted by molar-refractivity contribution is 0.199. The van der Waals surface area contributed by atoms with E-state index in [1.54, 1.807) is 27.9 Å². The molecule has 92 valence electrons. The Morgan fingerprint density at radius 1 is 1.13 bits per heavy atom. The number of hydrogen-bond acceptors (Lipinski definition) is 4. The van der Waals surface area contributed by atoms with E-state index in [1.807, 2.05) is 0 Å². The quantitative estimate of drug-likeness (QED) is 0.610. The number of hydrogen-bond donors (Lipinski definition) is 2. The van der Waals surface area contributed by atoms with Gasteiger partial charge in [0.25, 0.3) is 0 Å². The Labute approximate surface area is 92.6 Å². The van der Waals surface area contributed by atoms with Crippen molar-refractivity contribution in [1.82, 2.24) is 10.0 Å². The van der Waals surface area contributed by atoms with Crippen LogP contribution in [0.3, 0.4) is 0 Å². The maximum Gasteiger partial charge on any atom is 0.216 e. The Bertz CT molecular complexity index is 257. The maximum atomic E-state index is 11.6. The van der Waals surface area contributed by atoms with Crippen molar-refractivity contribution in [2.24, 2.45) is 0 Å². The van der Waals surface area contributed by atoms with E-state index in [2.05, 4.69) is 10.0 Å². The molecule has 0 bridgehead atoms. The van der Waals surface area contributed by atoms with E-state index in [4.69, 9.17) is 4.74 Å². The lowest BCUT2D eigenvalue weighted by atomic mass is 10.3. The Balaban J connectivity index is 3.69. The monoisotopic (exact) mass is 238 g/mol. The third-order valence-corrected chi connectivity index (χ3v) is 4.08. The molecule has 0 heterocycles. The molecule has 0 rings (SSSR count). The molecule has 15 heavy (non-hydrogen) atoms. The van der Waals surface area contributed by atoms with E-state index >= 15 is 0 Å². The van der Waals surface area contributed by atoms with Crippen molar-refractivity contribution in [1.29, 1.82) is 0 Å². The highest BCUT2D eigenvalue weighted by Crippen LogP contribution is 2.12. The summed E-state index contributed by atoms with van der Waals surface area (Å²) >= 11 is 0. The molecule has 0 saturated heterocycles. The molecule has 0 aromatic carbocycles. The minimum atomic E-state index is -3.21. The van der Waals surface area contributed by atoms with Crippen LogP contribution >= 0.6 is 0 Å². The standard InChI is InChI=1S/C9H22N2O3S/c1-9(2,3)15(12,13)11-6-5-10-7-8-14-4/h10-11H,5-8H2,1-4H3. The third kappa shape index (κ3) is 6.09. The third-order valence-electron chi connectivity index (χ3n) is 1.88. The van der Waals surface area contributed by atoms with Crippen LogP contribution in [-0.2, 0) is 14.8 Å². The molecular formula is C9H22N2O3S. The summed E-state index contributed by atoms with van der Waals surface area (Å²) < 4.78 is 29.8. The molecule has 0 aromatic heterocycles. The van der Waals surface area contributed by atoms with Crippen molar-refractivity contribution in [3.8, 4) is 0 Å². The molecule has 0 saturated carbocycles. The molecule has 0 aliphatic carbocycles. The lowest BCUT2D eigenvalue weighted by Gasteiger charge is -2.19. The largest absolute Gasteiger partial charge is 0.383 e. The van der Waals surface area contributed by atoms with E-state index in [-0.39, 0.29) is 0 Å². The van der Waals surface area contributed by atoms with Crippen molar-refractivity contribution in [2.75, 3.05) is 33.4 Å². The molecule has 0 aliphatic rings. The number of rotatable bonds is 7. The molecule has 0 aromatic rings. The van der Waals surface area contributed by atoms with Crippen LogP contribution in [0.4, 0.5) is 0 Å². The summed E-state index contributed by atoms with van der Waals surface area (Å²) in [4.78, 5) is 0. The van der Waals surface area contributed by atoms with Gasteiger partial charge in [-0.3, -0.25) is 0 Å². The fraction of sp³-hybridized carbons (Fsp3) is 1.00. The summed E-state index contributed by atoms with van der Waals surface area (Å²) in [7, 11) is -1.58. The summed E-state index contributed by atoms with van der Waals surface area (Å²) in [6, 6.07) is 0. The van der Waals surface area contributed by atoms with Gasteiger partial charge in [-0.2, -0.15) is 0 Å². The topological polar surface area (TPSA) is 67.4 Å². The smallest absolute Gasteiger partial charge is 0.216 e. The second kappa shape index (κ2) is 6.42. The van der Waals surface area contributed by atoms with Crippen LogP contribution in [0.15, 0.2) is 0 Å². The van der Waals surface area contributed by atoms with Gasteiger partial charge in [0.2, 0.25) is 10.0 Å². The molecule has 6 heteroatoms. The average molecular weight is 238 g/mol. The van der Waals surface area contributed by atoms with Crippen LogP contribution in [0.25, 0.3) is 0 Å². The highest BCUT2D eigenvalue weighted by atomic mass is 32.2. The van der Waals surface area contributed by atoms with Gasteiger partial charge in [-0.15, -0.1) is 0 Å². The van der Waals surface area contributed by atoms with Crippen LogP contribution in [0.2, 0.25) is 0 Å². The number of methoxy groups -OCH3 is 1. The van der Waals surface area contributed by atoms with Gasteiger partial charge in [-0.1, -0.05) is 0 Å². The van der Waals surface area contributed by atoms with Gasteiger partial charge in [0.05, 0.1) is 11.4 Å². The molecule has 0 aliphatic heterocycles. The first kappa shape index (κ1) is 14.8. The molecule has 0 radical (unpaired) electrons. The first-order chi connectivity index (χ1) is 6.81. The maximum absolute atomic E-state index is 11.6. The molecule has 2 N–H and O–H groups in total. The van der Waals surface area contributed by atoms with E-state index in [0.29, 0.717) is 19.7 Å². The van der Waals surface area contributed by atoms with Crippen molar-refractivity contribution >= 4 is 10.0 Å². The van der Waals surface area contributed by atoms with Crippen molar-refractivity contribution in [3.05, 3.63) is 0 Å². The van der Waals surface area contributed by atoms with Crippen molar-refractivity contribution < 1.29 is 13.2 Å². The summed E-state index contributed by atoms with van der Waals surface area (Å²) in [5.74, 6) is 0. The lowest BCUT2D eigenvalue weighted by Crippen LogP contribution is -2.42.